The van der Waals surface area contributed by atoms with E-state index in [1.165, 1.54) is 19.3 Å². The molecule has 1 aliphatic carbocycles. The fourth-order valence-corrected chi connectivity index (χ4v) is 2.19. The van der Waals surface area contributed by atoms with E-state index in [2.05, 4.69) is 5.32 Å². The quantitative estimate of drug-likeness (QED) is 0.542. The Morgan fingerprint density at radius 1 is 1.50 bits per heavy atom. The molecule has 0 aromatic carbocycles. The third-order valence-electron chi connectivity index (χ3n) is 3.05. The van der Waals surface area contributed by atoms with Crippen molar-refractivity contribution in [1.82, 2.24) is 5.32 Å². The normalized spacial score (nSPS) is 35.8. The maximum absolute atomic E-state index is 10.6. The average Bonchev–Trinajstić information content (AvgIpc) is 2.27. The van der Waals surface area contributed by atoms with E-state index < -0.39 is 0 Å². The van der Waals surface area contributed by atoms with Gasteiger partial charge < -0.3 is 10.1 Å². The van der Waals surface area contributed by atoms with Gasteiger partial charge in [-0.05, 0) is 32.2 Å². The Morgan fingerprint density at radius 2 is 2.30 bits per heavy atom. The minimum absolute atomic E-state index is 0.266. The second-order valence-corrected chi connectivity index (χ2v) is 3.47. The van der Waals surface area contributed by atoms with Crippen LogP contribution in [-0.2, 0) is 4.79 Å². The highest BCUT2D eigenvalue weighted by Crippen LogP contribution is 2.41. The van der Waals surface area contributed by atoms with Crippen molar-refractivity contribution in [2.45, 2.75) is 31.2 Å². The second-order valence-electron chi connectivity index (χ2n) is 3.47. The van der Waals surface area contributed by atoms with E-state index in [1.54, 1.807) is 0 Å². The summed E-state index contributed by atoms with van der Waals surface area (Å²) in [5.74, 6) is 0.321. The average molecular weight is 139 g/mol. The summed E-state index contributed by atoms with van der Waals surface area (Å²) < 4.78 is 0. The number of hydrogen-bond donors (Lipinski definition) is 1. The molecule has 1 spiro atoms. The van der Waals surface area contributed by atoms with Gasteiger partial charge in [0, 0.05) is 11.5 Å². The summed E-state index contributed by atoms with van der Waals surface area (Å²) in [5, 5.41) is 3.44. The predicted molar refractivity (Wildman–Crippen MR) is 38.8 cm³/mol. The van der Waals surface area contributed by atoms with Crippen LogP contribution in [0, 0.1) is 5.92 Å². The van der Waals surface area contributed by atoms with Crippen LogP contribution in [0.15, 0.2) is 0 Å². The number of carbonyl (C=O) groups excluding carboxylic acids is 1. The van der Waals surface area contributed by atoms with Gasteiger partial charge in [0.1, 0.15) is 6.29 Å². The first kappa shape index (κ1) is 6.35. The maximum Gasteiger partial charge on any atom is 0.124 e. The van der Waals surface area contributed by atoms with Gasteiger partial charge in [0.2, 0.25) is 0 Å². The molecular weight excluding hydrogens is 126 g/mol. The van der Waals surface area contributed by atoms with Gasteiger partial charge in [-0.3, -0.25) is 0 Å². The fourth-order valence-electron chi connectivity index (χ4n) is 2.19. The zero-order valence-corrected chi connectivity index (χ0v) is 6.10. The minimum Gasteiger partial charge on any atom is -0.311 e. The Hall–Kier alpha value is -0.370. The van der Waals surface area contributed by atoms with E-state index in [0.717, 1.165) is 19.3 Å². The Labute approximate surface area is 61.0 Å². The Bertz CT molecular complexity index is 151. The van der Waals surface area contributed by atoms with Crippen LogP contribution in [0.25, 0.3) is 0 Å². The summed E-state index contributed by atoms with van der Waals surface area (Å²) in [6, 6.07) is 0. The summed E-state index contributed by atoms with van der Waals surface area (Å²) in [7, 11) is 0. The molecule has 56 valence electrons. The molecule has 10 heavy (non-hydrogen) atoms. The SMILES string of the molecule is O=CC1CCNC12CCC2. The summed E-state index contributed by atoms with van der Waals surface area (Å²) in [6.45, 7) is 1.05. The molecule has 1 N–H and O–H groups in total. The van der Waals surface area contributed by atoms with Gasteiger partial charge >= 0.3 is 0 Å². The van der Waals surface area contributed by atoms with E-state index in [0.29, 0.717) is 5.92 Å². The lowest BCUT2D eigenvalue weighted by molar-refractivity contribution is -0.113. The molecule has 2 heteroatoms. The molecule has 2 fully saturated rings. The molecular formula is C8H13NO. The molecule has 0 amide bonds. The van der Waals surface area contributed by atoms with Crippen LogP contribution in [0.1, 0.15) is 25.7 Å². The van der Waals surface area contributed by atoms with Crippen LogP contribution < -0.4 is 5.32 Å². The maximum atomic E-state index is 10.6. The predicted octanol–water partition coefficient (Wildman–Crippen LogP) is 0.718. The van der Waals surface area contributed by atoms with Crippen molar-refractivity contribution in [3.63, 3.8) is 0 Å². The number of aldehydes is 1. The van der Waals surface area contributed by atoms with Gasteiger partial charge in [0.25, 0.3) is 0 Å². The van der Waals surface area contributed by atoms with Crippen LogP contribution in [0.3, 0.4) is 0 Å². The van der Waals surface area contributed by atoms with Crippen molar-refractivity contribution in [3.8, 4) is 0 Å². The highest BCUT2D eigenvalue weighted by Gasteiger charge is 2.46. The molecule has 1 saturated carbocycles. The van der Waals surface area contributed by atoms with Crippen molar-refractivity contribution in [2.24, 2.45) is 5.92 Å². The third-order valence-corrected chi connectivity index (χ3v) is 3.05. The van der Waals surface area contributed by atoms with Gasteiger partial charge in [-0.1, -0.05) is 0 Å². The van der Waals surface area contributed by atoms with Crippen molar-refractivity contribution in [3.05, 3.63) is 0 Å². The molecule has 0 bridgehead atoms. The molecule has 0 aromatic heterocycles. The third kappa shape index (κ3) is 0.655. The van der Waals surface area contributed by atoms with Crippen LogP contribution in [-0.4, -0.2) is 18.4 Å². The first-order chi connectivity index (χ1) is 4.87. The van der Waals surface area contributed by atoms with Gasteiger partial charge in [-0.15, -0.1) is 0 Å². The first-order valence-corrected chi connectivity index (χ1v) is 4.08. The Kier molecular flexibility index (Phi) is 1.31. The lowest BCUT2D eigenvalue weighted by Crippen LogP contribution is -2.51. The van der Waals surface area contributed by atoms with E-state index in [4.69, 9.17) is 0 Å². The number of nitrogens with one attached hydrogen (secondary N) is 1. The summed E-state index contributed by atoms with van der Waals surface area (Å²) in [5.41, 5.74) is 0.266. The van der Waals surface area contributed by atoms with Gasteiger partial charge in [-0.2, -0.15) is 0 Å². The van der Waals surface area contributed by atoms with E-state index in [9.17, 15) is 4.79 Å². The second kappa shape index (κ2) is 2.06. The monoisotopic (exact) mass is 139 g/mol. The van der Waals surface area contributed by atoms with Gasteiger partial charge in [0.05, 0.1) is 0 Å². The molecule has 1 unspecified atom stereocenters. The summed E-state index contributed by atoms with van der Waals surface area (Å²) in [6.07, 6.45) is 5.94. The van der Waals surface area contributed by atoms with E-state index >= 15 is 0 Å². The molecule has 0 radical (unpaired) electrons. The molecule has 1 saturated heterocycles. The highest BCUT2D eigenvalue weighted by molar-refractivity contribution is 5.57. The van der Waals surface area contributed by atoms with Crippen molar-refractivity contribution in [1.29, 1.82) is 0 Å². The standard InChI is InChI=1S/C8H13NO/c10-6-7-2-5-9-8(7)3-1-4-8/h6-7,9H,1-5H2. The Balaban J connectivity index is 2.11. The molecule has 2 rings (SSSR count). The number of rotatable bonds is 1. The van der Waals surface area contributed by atoms with Crippen LogP contribution >= 0.6 is 0 Å². The molecule has 2 aliphatic rings. The molecule has 2 nitrogen and oxygen atoms in total. The summed E-state index contributed by atoms with van der Waals surface area (Å²) in [4.78, 5) is 10.6. The van der Waals surface area contributed by atoms with Gasteiger partial charge in [0.15, 0.2) is 0 Å². The molecule has 1 heterocycles. The van der Waals surface area contributed by atoms with Crippen molar-refractivity contribution >= 4 is 6.29 Å². The highest BCUT2D eigenvalue weighted by atomic mass is 16.1. The van der Waals surface area contributed by atoms with Crippen LogP contribution in [0.2, 0.25) is 0 Å². The zero-order chi connectivity index (χ0) is 7.03. The van der Waals surface area contributed by atoms with Crippen molar-refractivity contribution in [2.75, 3.05) is 6.54 Å². The Morgan fingerprint density at radius 3 is 2.70 bits per heavy atom. The number of hydrogen-bond acceptors (Lipinski definition) is 2. The lowest BCUT2D eigenvalue weighted by atomic mass is 9.70. The first-order valence-electron chi connectivity index (χ1n) is 4.08. The summed E-state index contributed by atoms with van der Waals surface area (Å²) >= 11 is 0. The minimum atomic E-state index is 0.266. The smallest absolute Gasteiger partial charge is 0.124 e. The van der Waals surface area contributed by atoms with Crippen LogP contribution in [0.5, 0.6) is 0 Å². The molecule has 0 aromatic rings. The lowest BCUT2D eigenvalue weighted by Gasteiger charge is -2.41. The van der Waals surface area contributed by atoms with E-state index in [1.807, 2.05) is 0 Å². The topological polar surface area (TPSA) is 29.1 Å². The fraction of sp³-hybridized carbons (Fsp3) is 0.875. The molecule has 1 aliphatic heterocycles. The van der Waals surface area contributed by atoms with Crippen molar-refractivity contribution < 1.29 is 4.79 Å². The van der Waals surface area contributed by atoms with Gasteiger partial charge in [-0.25, -0.2) is 0 Å². The number of carbonyl (C=O) groups is 1. The largest absolute Gasteiger partial charge is 0.311 e. The van der Waals surface area contributed by atoms with E-state index in [-0.39, 0.29) is 5.54 Å². The van der Waals surface area contributed by atoms with Crippen LogP contribution in [0.4, 0.5) is 0 Å². The zero-order valence-electron chi connectivity index (χ0n) is 6.10. The molecule has 1 atom stereocenters.